The number of carbonyl (C=O) groups is 2. The second-order valence-electron chi connectivity index (χ2n) is 8.75. The minimum atomic E-state index is -0.532. The van der Waals surface area contributed by atoms with Crippen LogP contribution >= 0.6 is 34.8 Å². The Balaban J connectivity index is 0.000000329. The fourth-order valence-electron chi connectivity index (χ4n) is 3.71. The van der Waals surface area contributed by atoms with Crippen molar-refractivity contribution < 1.29 is 18.4 Å². The molecule has 0 aliphatic carbocycles. The minimum Gasteiger partial charge on any atom is -0.380 e. The molecular formula is C28H29Cl3F2N4O3. The summed E-state index contributed by atoms with van der Waals surface area (Å²) < 4.78 is 28.2. The summed E-state index contributed by atoms with van der Waals surface area (Å²) in [6.07, 6.45) is 5.28. The lowest BCUT2D eigenvalue weighted by Crippen LogP contribution is -2.30. The van der Waals surface area contributed by atoms with Crippen LogP contribution in [0.1, 0.15) is 32.7 Å². The normalized spacial score (nSPS) is 14.8. The van der Waals surface area contributed by atoms with Gasteiger partial charge in [0.25, 0.3) is 5.56 Å². The van der Waals surface area contributed by atoms with Crippen molar-refractivity contribution >= 4 is 62.5 Å². The summed E-state index contributed by atoms with van der Waals surface area (Å²) in [6.45, 7) is 11.6. The Hall–Kier alpha value is -3.27. The van der Waals surface area contributed by atoms with E-state index in [9.17, 15) is 23.2 Å². The third kappa shape index (κ3) is 9.15. The second kappa shape index (κ2) is 15.5. The van der Waals surface area contributed by atoms with Crippen LogP contribution in [0.4, 0.5) is 14.5 Å². The van der Waals surface area contributed by atoms with Gasteiger partial charge in [-0.1, -0.05) is 43.3 Å². The topological polar surface area (TPSA) is 84.3 Å². The highest BCUT2D eigenvalue weighted by atomic mass is 35.5. The summed E-state index contributed by atoms with van der Waals surface area (Å²) in [4.78, 5) is 39.7. The van der Waals surface area contributed by atoms with Gasteiger partial charge in [0.15, 0.2) is 5.82 Å². The lowest BCUT2D eigenvalue weighted by Gasteiger charge is -2.17. The molecule has 40 heavy (non-hydrogen) atoms. The largest absolute Gasteiger partial charge is 0.380 e. The first-order valence-electron chi connectivity index (χ1n) is 12.2. The predicted octanol–water partition coefficient (Wildman–Crippen LogP) is 6.78. The molecule has 2 atom stereocenters. The molecule has 2 unspecified atom stereocenters. The number of likely N-dealkylation sites (tertiary alicyclic amines) is 1. The van der Waals surface area contributed by atoms with Crippen molar-refractivity contribution in [1.82, 2.24) is 14.5 Å². The quantitative estimate of drug-likeness (QED) is 0.188. The third-order valence-corrected chi connectivity index (χ3v) is 6.89. The molecular weight excluding hydrogens is 585 g/mol. The zero-order chi connectivity index (χ0) is 30.0. The van der Waals surface area contributed by atoms with Gasteiger partial charge in [-0.05, 0) is 73.9 Å². The zero-order valence-electron chi connectivity index (χ0n) is 22.0. The van der Waals surface area contributed by atoms with Crippen LogP contribution < -0.4 is 10.9 Å². The van der Waals surface area contributed by atoms with Crippen molar-refractivity contribution in [3.63, 3.8) is 0 Å². The number of nitrogens with zero attached hydrogens (tertiary/aromatic N) is 3. The van der Waals surface area contributed by atoms with E-state index in [0.717, 1.165) is 18.9 Å². The van der Waals surface area contributed by atoms with E-state index in [2.05, 4.69) is 23.5 Å². The van der Waals surface area contributed by atoms with Gasteiger partial charge in [0.05, 0.1) is 21.8 Å². The first kappa shape index (κ1) is 32.9. The number of anilines is 1. The number of halogens is 5. The second-order valence-corrected chi connectivity index (χ2v) is 9.94. The molecule has 2 aromatic carbocycles. The number of allylic oxidation sites excluding steroid dienone is 1. The monoisotopic (exact) mass is 612 g/mol. The molecule has 7 nitrogen and oxygen atoms in total. The molecule has 1 aliphatic heterocycles. The average molecular weight is 614 g/mol. The Morgan fingerprint density at radius 3 is 2.40 bits per heavy atom. The molecule has 1 fully saturated rings. The van der Waals surface area contributed by atoms with Crippen LogP contribution in [0, 0.1) is 11.6 Å². The number of amides is 1. The molecule has 1 aliphatic rings. The van der Waals surface area contributed by atoms with E-state index in [-0.39, 0.29) is 45.3 Å². The highest BCUT2D eigenvalue weighted by Gasteiger charge is 2.25. The smallest absolute Gasteiger partial charge is 0.261 e. The summed E-state index contributed by atoms with van der Waals surface area (Å²) in [7, 11) is 0. The number of fused-ring (bicyclic) bond motifs is 1. The Morgan fingerprint density at radius 1 is 1.18 bits per heavy atom. The average Bonchev–Trinajstić information content (AvgIpc) is 3.39. The highest BCUT2D eigenvalue weighted by Crippen LogP contribution is 2.23. The fraction of sp³-hybridized carbons (Fsp3) is 0.286. The maximum Gasteiger partial charge on any atom is 0.261 e. The Labute approximate surface area is 246 Å². The van der Waals surface area contributed by atoms with E-state index >= 15 is 0 Å². The molecule has 0 saturated carbocycles. The molecule has 1 saturated heterocycles. The van der Waals surface area contributed by atoms with E-state index in [0.29, 0.717) is 23.8 Å². The van der Waals surface area contributed by atoms with Crippen LogP contribution in [0.3, 0.4) is 0 Å². The van der Waals surface area contributed by atoms with E-state index < -0.39 is 11.1 Å². The molecule has 0 radical (unpaired) electrons. The predicted molar refractivity (Wildman–Crippen MR) is 157 cm³/mol. The van der Waals surface area contributed by atoms with Crippen LogP contribution in [-0.2, 0) is 9.59 Å². The van der Waals surface area contributed by atoms with Crippen molar-refractivity contribution in [3.8, 4) is 0 Å². The summed E-state index contributed by atoms with van der Waals surface area (Å²) in [5.74, 6) is -1.01. The van der Waals surface area contributed by atoms with Crippen LogP contribution in [0.25, 0.3) is 10.9 Å². The van der Waals surface area contributed by atoms with Crippen molar-refractivity contribution in [2.24, 2.45) is 0 Å². The van der Waals surface area contributed by atoms with Crippen LogP contribution in [0.15, 0.2) is 66.8 Å². The molecule has 1 N–H and O–H groups in total. The van der Waals surface area contributed by atoms with Gasteiger partial charge in [0, 0.05) is 30.9 Å². The maximum atomic E-state index is 14.4. The van der Waals surface area contributed by atoms with Crippen molar-refractivity contribution in [1.29, 1.82) is 0 Å². The first-order chi connectivity index (χ1) is 18.9. The first-order valence-corrected chi connectivity index (χ1v) is 13.4. The number of hydrogen-bond donors (Lipinski definition) is 1. The van der Waals surface area contributed by atoms with Gasteiger partial charge in [-0.15, -0.1) is 0 Å². The van der Waals surface area contributed by atoms with Gasteiger partial charge in [-0.2, -0.15) is 0 Å². The molecule has 4 rings (SSSR count). The van der Waals surface area contributed by atoms with Gasteiger partial charge >= 0.3 is 0 Å². The minimum absolute atomic E-state index is 0.00390. The summed E-state index contributed by atoms with van der Waals surface area (Å²) in [5.41, 5.74) is 0.352. The van der Waals surface area contributed by atoms with Crippen molar-refractivity contribution in [3.05, 3.63) is 94.0 Å². The SMILES string of the molecule is C=CC(=O)Cl.C=CC(=O)N1CCC(Nc2cc(F)c3ncn(C(C)CC)c(=O)c3c2)C1.Fc1ccc(Cl)c(Cl)c1. The molecule has 3 aromatic rings. The molecule has 0 bridgehead atoms. The summed E-state index contributed by atoms with van der Waals surface area (Å²) >= 11 is 15.6. The highest BCUT2D eigenvalue weighted by molar-refractivity contribution is 6.66. The fourth-order valence-corrected chi connectivity index (χ4v) is 4.00. The number of carbonyl (C=O) groups excluding carboxylic acids is 2. The van der Waals surface area contributed by atoms with Gasteiger partial charge in [-0.3, -0.25) is 19.0 Å². The third-order valence-electron chi connectivity index (χ3n) is 5.99. The van der Waals surface area contributed by atoms with Crippen molar-refractivity contribution in [2.45, 2.75) is 38.8 Å². The summed E-state index contributed by atoms with van der Waals surface area (Å²) in [6, 6.07) is 6.83. The molecule has 214 valence electrons. The van der Waals surface area contributed by atoms with E-state index in [1.54, 1.807) is 11.0 Å². The van der Waals surface area contributed by atoms with Gasteiger partial charge in [-0.25, -0.2) is 13.8 Å². The number of nitrogens with one attached hydrogen (secondary N) is 1. The number of rotatable bonds is 6. The molecule has 2 heterocycles. The molecule has 1 aromatic heterocycles. The van der Waals surface area contributed by atoms with Gasteiger partial charge in [0.2, 0.25) is 11.1 Å². The van der Waals surface area contributed by atoms with Crippen LogP contribution in [-0.4, -0.2) is 44.7 Å². The van der Waals surface area contributed by atoms with Crippen LogP contribution in [0.2, 0.25) is 10.0 Å². The Bertz CT molecular complexity index is 1450. The van der Waals surface area contributed by atoms with E-state index in [1.165, 1.54) is 41.2 Å². The lowest BCUT2D eigenvalue weighted by atomic mass is 10.1. The standard InChI is InChI=1S/C19H23FN4O2.C6H3Cl2F.C3H3ClO/c1-4-12(3)24-11-21-18-15(19(24)26)8-14(9-16(18)20)22-13-6-7-23(10-13)17(25)5-2;7-5-2-1-4(9)3-6(5)8;1-2-3(4)5/h5,8-9,11-13,22H,2,4,6-7,10H2,1,3H3;1-3H;2H,1H2. The lowest BCUT2D eigenvalue weighted by molar-refractivity contribution is -0.125. The van der Waals surface area contributed by atoms with E-state index in [4.69, 9.17) is 34.8 Å². The summed E-state index contributed by atoms with van der Waals surface area (Å²) in [5, 5.41) is 3.60. The molecule has 1 amide bonds. The number of hydrogen-bond acceptors (Lipinski definition) is 5. The van der Waals surface area contributed by atoms with Crippen LogP contribution in [0.5, 0.6) is 0 Å². The number of aromatic nitrogens is 2. The van der Waals surface area contributed by atoms with Crippen molar-refractivity contribution in [2.75, 3.05) is 18.4 Å². The molecule has 0 spiro atoms. The Morgan fingerprint density at radius 2 is 1.85 bits per heavy atom. The van der Waals surface area contributed by atoms with E-state index in [1.807, 2.05) is 13.8 Å². The van der Waals surface area contributed by atoms with Gasteiger partial charge in [0.1, 0.15) is 11.3 Å². The molecule has 12 heteroatoms. The Kier molecular flexibility index (Phi) is 12.8. The zero-order valence-corrected chi connectivity index (χ0v) is 24.2. The number of benzene rings is 2. The maximum absolute atomic E-state index is 14.4. The van der Waals surface area contributed by atoms with Gasteiger partial charge < -0.3 is 10.2 Å².